The summed E-state index contributed by atoms with van der Waals surface area (Å²) < 4.78 is 11.5. The van der Waals surface area contributed by atoms with E-state index in [1.54, 1.807) is 49.6 Å². The molecule has 198 valence electrons. The van der Waals surface area contributed by atoms with E-state index in [2.05, 4.69) is 5.32 Å². The molecule has 10 heteroatoms. The number of carbonyl (C=O) groups excluding carboxylic acids is 1. The van der Waals surface area contributed by atoms with Crippen LogP contribution in [0.2, 0.25) is 10.0 Å². The summed E-state index contributed by atoms with van der Waals surface area (Å²) in [5.74, 6) is 0.210. The van der Waals surface area contributed by atoms with Crippen LogP contribution in [0.4, 0.5) is 4.79 Å². The molecule has 0 radical (unpaired) electrons. The molecule has 1 heterocycles. The molecule has 0 spiro atoms. The van der Waals surface area contributed by atoms with Gasteiger partial charge in [-0.15, -0.1) is 0 Å². The summed E-state index contributed by atoms with van der Waals surface area (Å²) >= 11 is 12.3. The molecule has 3 aromatic rings. The van der Waals surface area contributed by atoms with E-state index < -0.39 is 30.6 Å². The molecule has 0 unspecified atom stereocenters. The third-order valence-corrected chi connectivity index (χ3v) is 6.40. The van der Waals surface area contributed by atoms with Crippen molar-refractivity contribution in [1.29, 1.82) is 0 Å². The number of carbonyl (C=O) groups is 2. The highest BCUT2D eigenvalue weighted by Crippen LogP contribution is 2.45. The first-order valence-corrected chi connectivity index (χ1v) is 12.7. The number of urea groups is 1. The Kier molecular flexibility index (Phi) is 8.44. The number of aliphatic carboxylic acids is 1. The Balaban J connectivity index is 1.92. The minimum Gasteiger partial charge on any atom is -0.497 e. The number of amidine groups is 1. The molecule has 8 nitrogen and oxygen atoms in total. The van der Waals surface area contributed by atoms with Crippen molar-refractivity contribution in [3.63, 3.8) is 0 Å². The molecule has 0 aromatic heterocycles. The number of benzene rings is 3. The normalized spacial score (nSPS) is 16.8. The third kappa shape index (κ3) is 6.03. The predicted octanol–water partition coefficient (Wildman–Crippen LogP) is 6.13. The van der Waals surface area contributed by atoms with Gasteiger partial charge in [-0.25, -0.2) is 4.79 Å². The zero-order chi connectivity index (χ0) is 27.4. The van der Waals surface area contributed by atoms with Crippen molar-refractivity contribution in [1.82, 2.24) is 10.2 Å². The lowest BCUT2D eigenvalue weighted by Crippen LogP contribution is -2.45. The van der Waals surface area contributed by atoms with Gasteiger partial charge in [-0.1, -0.05) is 47.5 Å². The van der Waals surface area contributed by atoms with Gasteiger partial charge in [0.1, 0.15) is 29.9 Å². The Morgan fingerprint density at radius 2 is 1.61 bits per heavy atom. The Bertz CT molecular complexity index is 1340. The third-order valence-electron chi connectivity index (χ3n) is 5.89. The lowest BCUT2D eigenvalue weighted by atomic mass is 9.94. The van der Waals surface area contributed by atoms with Crippen LogP contribution in [0, 0.1) is 0 Å². The fraction of sp³-hybridized carbons (Fsp3) is 0.250. The maximum absolute atomic E-state index is 13.6. The van der Waals surface area contributed by atoms with Crippen LogP contribution in [0.1, 0.15) is 42.6 Å². The summed E-state index contributed by atoms with van der Waals surface area (Å²) in [6, 6.07) is 17.9. The van der Waals surface area contributed by atoms with E-state index in [0.717, 1.165) is 11.1 Å². The second-order valence-corrected chi connectivity index (χ2v) is 9.77. The number of nitrogens with one attached hydrogen (secondary N) is 1. The van der Waals surface area contributed by atoms with Gasteiger partial charge in [0.25, 0.3) is 0 Å². The zero-order valence-corrected chi connectivity index (χ0v) is 22.5. The average Bonchev–Trinajstić information content (AvgIpc) is 3.28. The molecule has 0 bridgehead atoms. The summed E-state index contributed by atoms with van der Waals surface area (Å²) in [5.41, 5.74) is 2.14. The van der Waals surface area contributed by atoms with Gasteiger partial charge in [-0.2, -0.15) is 0 Å². The van der Waals surface area contributed by atoms with Crippen LogP contribution in [-0.2, 0) is 4.79 Å². The molecule has 1 aliphatic heterocycles. The Hall–Kier alpha value is -3.75. The van der Waals surface area contributed by atoms with Gasteiger partial charge in [-0.05, 0) is 61.4 Å². The van der Waals surface area contributed by atoms with Gasteiger partial charge in [0.05, 0.1) is 24.8 Å². The number of amides is 2. The predicted molar refractivity (Wildman–Crippen MR) is 147 cm³/mol. The van der Waals surface area contributed by atoms with Crippen LogP contribution in [-0.4, -0.2) is 47.6 Å². The van der Waals surface area contributed by atoms with Gasteiger partial charge < -0.3 is 19.9 Å². The number of methoxy groups -OCH3 is 1. The van der Waals surface area contributed by atoms with Crippen LogP contribution in [0.25, 0.3) is 0 Å². The van der Waals surface area contributed by atoms with Crippen LogP contribution in [0.3, 0.4) is 0 Å². The van der Waals surface area contributed by atoms with Crippen molar-refractivity contribution < 1.29 is 24.2 Å². The molecule has 0 aliphatic carbocycles. The van der Waals surface area contributed by atoms with Crippen LogP contribution in [0.15, 0.2) is 71.7 Å². The number of rotatable bonds is 8. The average molecular weight is 556 g/mol. The van der Waals surface area contributed by atoms with Crippen LogP contribution < -0.4 is 14.8 Å². The van der Waals surface area contributed by atoms with E-state index in [1.165, 1.54) is 4.90 Å². The lowest BCUT2D eigenvalue weighted by Gasteiger charge is -2.30. The smallest absolute Gasteiger partial charge is 0.324 e. The molecule has 38 heavy (non-hydrogen) atoms. The summed E-state index contributed by atoms with van der Waals surface area (Å²) in [5, 5.41) is 12.8. The number of halogens is 2. The molecular formula is C28H27Cl2N3O5. The zero-order valence-electron chi connectivity index (χ0n) is 21.0. The van der Waals surface area contributed by atoms with Crippen molar-refractivity contribution in [3.8, 4) is 11.5 Å². The van der Waals surface area contributed by atoms with Crippen molar-refractivity contribution in [2.75, 3.05) is 13.7 Å². The van der Waals surface area contributed by atoms with Gasteiger partial charge in [-0.3, -0.25) is 14.7 Å². The Labute approximate surface area is 230 Å². The Morgan fingerprint density at radius 3 is 2.16 bits per heavy atom. The standard InChI is InChI=1S/C28H27Cl2N3O5/c1-16(2)38-23-14-21(37-3)12-13-22(23)27-32-25(17-4-8-19(29)9-5-17)26(18-6-10-20(30)11-7-18)33(27)28(36)31-15-24(34)35/h4-14,16,25-26H,15H2,1-3H3,(H,31,36)(H,34,35)/t25-,26+/m1/s1. The molecule has 2 atom stereocenters. The number of hydrogen-bond acceptors (Lipinski definition) is 5. The van der Waals surface area contributed by atoms with Gasteiger partial charge in [0.15, 0.2) is 0 Å². The number of ether oxygens (including phenoxy) is 2. The molecule has 0 saturated carbocycles. The van der Waals surface area contributed by atoms with Gasteiger partial charge in [0.2, 0.25) is 0 Å². The van der Waals surface area contributed by atoms with E-state index in [4.69, 9.17) is 37.7 Å². The van der Waals surface area contributed by atoms with Crippen molar-refractivity contribution in [2.24, 2.45) is 4.99 Å². The van der Waals surface area contributed by atoms with Crippen molar-refractivity contribution in [2.45, 2.75) is 32.0 Å². The second kappa shape index (κ2) is 11.8. The lowest BCUT2D eigenvalue weighted by molar-refractivity contribution is -0.135. The largest absolute Gasteiger partial charge is 0.497 e. The minimum absolute atomic E-state index is 0.170. The van der Waals surface area contributed by atoms with Gasteiger partial charge in [0, 0.05) is 16.1 Å². The Morgan fingerprint density at radius 1 is 1.00 bits per heavy atom. The molecule has 1 aliphatic rings. The number of nitrogens with zero attached hydrogens (tertiary/aromatic N) is 2. The summed E-state index contributed by atoms with van der Waals surface area (Å²) in [7, 11) is 1.56. The van der Waals surface area contributed by atoms with Crippen LogP contribution in [0.5, 0.6) is 11.5 Å². The van der Waals surface area contributed by atoms with Gasteiger partial charge >= 0.3 is 12.0 Å². The first-order valence-electron chi connectivity index (χ1n) is 11.9. The molecule has 2 amide bonds. The van der Waals surface area contributed by atoms with E-state index in [-0.39, 0.29) is 6.10 Å². The quantitative estimate of drug-likeness (QED) is 0.348. The molecule has 4 rings (SSSR count). The first-order chi connectivity index (χ1) is 18.2. The fourth-order valence-corrected chi connectivity index (χ4v) is 4.52. The molecule has 0 fully saturated rings. The number of carboxylic acids is 1. The molecule has 2 N–H and O–H groups in total. The summed E-state index contributed by atoms with van der Waals surface area (Å²) in [6.07, 6.45) is -0.170. The first kappa shape index (κ1) is 27.3. The van der Waals surface area contributed by atoms with E-state index in [0.29, 0.717) is 32.9 Å². The topological polar surface area (TPSA) is 100 Å². The fourth-order valence-electron chi connectivity index (χ4n) is 4.27. The maximum Gasteiger partial charge on any atom is 0.324 e. The van der Waals surface area contributed by atoms with E-state index in [1.807, 2.05) is 38.1 Å². The number of aliphatic imine (C=N–C) groups is 1. The van der Waals surface area contributed by atoms with Crippen molar-refractivity contribution in [3.05, 3.63) is 93.5 Å². The monoisotopic (exact) mass is 555 g/mol. The van der Waals surface area contributed by atoms with E-state index in [9.17, 15) is 14.7 Å². The number of hydrogen-bond donors (Lipinski definition) is 2. The maximum atomic E-state index is 13.6. The second-order valence-electron chi connectivity index (χ2n) is 8.90. The molecular weight excluding hydrogens is 529 g/mol. The molecule has 0 saturated heterocycles. The SMILES string of the molecule is COc1ccc(C2=N[C@H](c3ccc(Cl)cc3)[C@H](c3ccc(Cl)cc3)N2C(=O)NCC(=O)O)c(OC(C)C)c1. The van der Waals surface area contributed by atoms with Crippen molar-refractivity contribution >= 4 is 41.0 Å². The highest BCUT2D eigenvalue weighted by atomic mass is 35.5. The molecule has 3 aromatic carbocycles. The summed E-state index contributed by atoms with van der Waals surface area (Å²) in [4.78, 5) is 31.4. The van der Waals surface area contributed by atoms with E-state index >= 15 is 0 Å². The summed E-state index contributed by atoms with van der Waals surface area (Å²) in [6.45, 7) is 3.23. The highest BCUT2D eigenvalue weighted by Gasteiger charge is 2.43. The highest BCUT2D eigenvalue weighted by molar-refractivity contribution is 6.30. The minimum atomic E-state index is -1.17. The van der Waals surface area contributed by atoms with Crippen LogP contribution >= 0.6 is 23.2 Å². The number of carboxylic acid groups (broad SMARTS) is 1.